The zero-order valence-corrected chi connectivity index (χ0v) is 8.80. The Labute approximate surface area is 87.3 Å². The maximum absolute atomic E-state index is 12.4. The SMILES string of the molecule is FC[C@H]1CN(Cc2cccs2)CCO1. The van der Waals surface area contributed by atoms with Crippen LogP contribution in [0.15, 0.2) is 17.5 Å². The van der Waals surface area contributed by atoms with E-state index in [1.807, 2.05) is 6.07 Å². The Hall–Kier alpha value is -0.450. The lowest BCUT2D eigenvalue weighted by Gasteiger charge is -2.31. The summed E-state index contributed by atoms with van der Waals surface area (Å²) in [5.41, 5.74) is 0. The molecule has 1 atom stereocenters. The zero-order valence-electron chi connectivity index (χ0n) is 7.99. The van der Waals surface area contributed by atoms with E-state index in [0.717, 1.165) is 13.1 Å². The minimum Gasteiger partial charge on any atom is -0.373 e. The van der Waals surface area contributed by atoms with E-state index in [-0.39, 0.29) is 12.8 Å². The van der Waals surface area contributed by atoms with Crippen molar-refractivity contribution in [3.63, 3.8) is 0 Å². The number of hydrogen-bond acceptors (Lipinski definition) is 3. The number of ether oxygens (including phenoxy) is 1. The standard InChI is InChI=1S/C10H14FNOS/c11-6-9-7-12(3-4-13-9)8-10-2-1-5-14-10/h1-2,5,9H,3-4,6-8H2/t9-/m0/s1. The third-order valence-corrected chi connectivity index (χ3v) is 3.22. The first-order chi connectivity index (χ1) is 6.88. The highest BCUT2D eigenvalue weighted by Crippen LogP contribution is 2.14. The van der Waals surface area contributed by atoms with E-state index in [9.17, 15) is 4.39 Å². The summed E-state index contributed by atoms with van der Waals surface area (Å²) >= 11 is 1.75. The molecular formula is C10H14FNOS. The van der Waals surface area contributed by atoms with Gasteiger partial charge < -0.3 is 4.74 Å². The summed E-state index contributed by atoms with van der Waals surface area (Å²) in [5, 5.41) is 2.07. The van der Waals surface area contributed by atoms with Crippen molar-refractivity contribution >= 4 is 11.3 Å². The molecule has 1 saturated heterocycles. The van der Waals surface area contributed by atoms with Gasteiger partial charge in [-0.3, -0.25) is 4.90 Å². The van der Waals surface area contributed by atoms with Crippen molar-refractivity contribution < 1.29 is 9.13 Å². The van der Waals surface area contributed by atoms with Gasteiger partial charge in [-0.05, 0) is 11.4 Å². The lowest BCUT2D eigenvalue weighted by Crippen LogP contribution is -2.42. The predicted octanol–water partition coefficient (Wildman–Crippen LogP) is 1.92. The normalized spacial score (nSPS) is 23.9. The molecule has 1 fully saturated rings. The molecule has 0 aromatic carbocycles. The average Bonchev–Trinajstić information content (AvgIpc) is 2.71. The number of thiophene rings is 1. The first-order valence-electron chi connectivity index (χ1n) is 4.81. The molecular weight excluding hydrogens is 201 g/mol. The molecule has 0 amide bonds. The quantitative estimate of drug-likeness (QED) is 0.763. The van der Waals surface area contributed by atoms with E-state index in [1.54, 1.807) is 11.3 Å². The maximum Gasteiger partial charge on any atom is 0.117 e. The van der Waals surface area contributed by atoms with Gasteiger partial charge in [0.15, 0.2) is 0 Å². The van der Waals surface area contributed by atoms with Crippen LogP contribution in [0.4, 0.5) is 4.39 Å². The second kappa shape index (κ2) is 4.87. The first-order valence-corrected chi connectivity index (χ1v) is 5.69. The molecule has 0 radical (unpaired) electrons. The van der Waals surface area contributed by atoms with E-state index in [4.69, 9.17) is 4.74 Å². The Kier molecular flexibility index (Phi) is 3.50. The average molecular weight is 215 g/mol. The van der Waals surface area contributed by atoms with Crippen molar-refractivity contribution in [2.24, 2.45) is 0 Å². The second-order valence-corrected chi connectivity index (χ2v) is 4.49. The van der Waals surface area contributed by atoms with E-state index >= 15 is 0 Å². The van der Waals surface area contributed by atoms with E-state index in [2.05, 4.69) is 16.3 Å². The molecule has 0 unspecified atom stereocenters. The Balaban J connectivity index is 1.86. The van der Waals surface area contributed by atoms with Gasteiger partial charge >= 0.3 is 0 Å². The highest BCUT2D eigenvalue weighted by Gasteiger charge is 2.20. The summed E-state index contributed by atoms with van der Waals surface area (Å²) in [6, 6.07) is 4.16. The van der Waals surface area contributed by atoms with Gasteiger partial charge in [0.25, 0.3) is 0 Å². The van der Waals surface area contributed by atoms with Crippen molar-refractivity contribution in [1.29, 1.82) is 0 Å². The number of alkyl halides is 1. The minimum atomic E-state index is -0.374. The van der Waals surface area contributed by atoms with Gasteiger partial charge in [-0.25, -0.2) is 4.39 Å². The van der Waals surface area contributed by atoms with Crippen LogP contribution in [-0.2, 0) is 11.3 Å². The van der Waals surface area contributed by atoms with Crippen molar-refractivity contribution in [1.82, 2.24) is 4.90 Å². The Morgan fingerprint density at radius 2 is 2.57 bits per heavy atom. The molecule has 0 aliphatic carbocycles. The summed E-state index contributed by atoms with van der Waals surface area (Å²) in [7, 11) is 0. The van der Waals surface area contributed by atoms with Crippen LogP contribution in [0.2, 0.25) is 0 Å². The van der Waals surface area contributed by atoms with Crippen LogP contribution >= 0.6 is 11.3 Å². The van der Waals surface area contributed by atoms with Gasteiger partial charge in [0.05, 0.1) is 12.7 Å². The number of morpholine rings is 1. The Morgan fingerprint density at radius 3 is 3.29 bits per heavy atom. The predicted molar refractivity (Wildman–Crippen MR) is 55.3 cm³/mol. The van der Waals surface area contributed by atoms with Crippen LogP contribution in [-0.4, -0.2) is 37.4 Å². The van der Waals surface area contributed by atoms with Gasteiger partial charge in [-0.2, -0.15) is 0 Å². The first kappa shape index (κ1) is 10.1. The topological polar surface area (TPSA) is 12.5 Å². The third kappa shape index (κ3) is 2.53. The molecule has 1 aliphatic heterocycles. The van der Waals surface area contributed by atoms with Crippen LogP contribution in [0, 0.1) is 0 Å². The van der Waals surface area contributed by atoms with Crippen molar-refractivity contribution in [3.8, 4) is 0 Å². The van der Waals surface area contributed by atoms with Gasteiger partial charge in [0, 0.05) is 24.5 Å². The molecule has 0 bridgehead atoms. The lowest BCUT2D eigenvalue weighted by molar-refractivity contribution is -0.0409. The molecule has 4 heteroatoms. The molecule has 2 nitrogen and oxygen atoms in total. The van der Waals surface area contributed by atoms with Crippen LogP contribution in [0.3, 0.4) is 0 Å². The molecule has 78 valence electrons. The Morgan fingerprint density at radius 1 is 1.64 bits per heavy atom. The van der Waals surface area contributed by atoms with Crippen LogP contribution in [0.1, 0.15) is 4.88 Å². The smallest absolute Gasteiger partial charge is 0.117 e. The summed E-state index contributed by atoms with van der Waals surface area (Å²) in [5.74, 6) is 0. The molecule has 2 heterocycles. The highest BCUT2D eigenvalue weighted by atomic mass is 32.1. The fourth-order valence-corrected chi connectivity index (χ4v) is 2.39. The summed E-state index contributed by atoms with van der Waals surface area (Å²) in [6.07, 6.45) is -0.219. The van der Waals surface area contributed by atoms with Crippen molar-refractivity contribution in [2.75, 3.05) is 26.4 Å². The molecule has 1 aromatic rings. The van der Waals surface area contributed by atoms with E-state index < -0.39 is 0 Å². The summed E-state index contributed by atoms with van der Waals surface area (Å²) < 4.78 is 17.6. The molecule has 1 aromatic heterocycles. The molecule has 0 saturated carbocycles. The van der Waals surface area contributed by atoms with Crippen molar-refractivity contribution in [2.45, 2.75) is 12.6 Å². The second-order valence-electron chi connectivity index (χ2n) is 3.46. The summed E-state index contributed by atoms with van der Waals surface area (Å²) in [4.78, 5) is 3.59. The largest absolute Gasteiger partial charge is 0.373 e. The van der Waals surface area contributed by atoms with Crippen LogP contribution < -0.4 is 0 Å². The number of rotatable bonds is 3. The fourth-order valence-electron chi connectivity index (χ4n) is 1.64. The maximum atomic E-state index is 12.4. The monoisotopic (exact) mass is 215 g/mol. The van der Waals surface area contributed by atoms with Crippen LogP contribution in [0.5, 0.6) is 0 Å². The summed E-state index contributed by atoms with van der Waals surface area (Å²) in [6.45, 7) is 2.83. The Bertz CT molecular complexity index is 265. The van der Waals surface area contributed by atoms with Crippen LogP contribution in [0.25, 0.3) is 0 Å². The zero-order chi connectivity index (χ0) is 9.80. The molecule has 0 N–H and O–H groups in total. The van der Waals surface area contributed by atoms with E-state index in [0.29, 0.717) is 13.2 Å². The fraction of sp³-hybridized carbons (Fsp3) is 0.600. The lowest BCUT2D eigenvalue weighted by atomic mass is 10.3. The molecule has 14 heavy (non-hydrogen) atoms. The molecule has 2 rings (SSSR count). The van der Waals surface area contributed by atoms with Gasteiger partial charge in [-0.15, -0.1) is 11.3 Å². The van der Waals surface area contributed by atoms with Gasteiger partial charge in [0.2, 0.25) is 0 Å². The number of halogens is 1. The van der Waals surface area contributed by atoms with E-state index in [1.165, 1.54) is 4.88 Å². The van der Waals surface area contributed by atoms with Gasteiger partial charge in [-0.1, -0.05) is 6.07 Å². The highest BCUT2D eigenvalue weighted by molar-refractivity contribution is 7.09. The number of hydrogen-bond donors (Lipinski definition) is 0. The van der Waals surface area contributed by atoms with Gasteiger partial charge in [0.1, 0.15) is 6.67 Å². The third-order valence-electron chi connectivity index (χ3n) is 2.35. The minimum absolute atomic E-state index is 0.219. The number of nitrogens with zero attached hydrogens (tertiary/aromatic N) is 1. The van der Waals surface area contributed by atoms with Crippen molar-refractivity contribution in [3.05, 3.63) is 22.4 Å². The molecule has 0 spiro atoms. The molecule has 1 aliphatic rings.